The van der Waals surface area contributed by atoms with E-state index in [4.69, 9.17) is 10.2 Å². The van der Waals surface area contributed by atoms with Crippen molar-refractivity contribution in [1.82, 2.24) is 14.7 Å². The fourth-order valence-electron chi connectivity index (χ4n) is 2.28. The minimum absolute atomic E-state index is 0.0174. The molecular formula is C12H21N3O5. The summed E-state index contributed by atoms with van der Waals surface area (Å²) in [6, 6.07) is -0.534. The number of piperidine rings is 1. The van der Waals surface area contributed by atoms with Gasteiger partial charge in [-0.25, -0.2) is 4.79 Å². The van der Waals surface area contributed by atoms with Gasteiger partial charge in [-0.1, -0.05) is 0 Å². The van der Waals surface area contributed by atoms with Crippen molar-refractivity contribution in [3.05, 3.63) is 0 Å². The summed E-state index contributed by atoms with van der Waals surface area (Å²) in [5, 5.41) is 17.5. The van der Waals surface area contributed by atoms with Crippen molar-refractivity contribution < 1.29 is 24.6 Å². The molecule has 0 aliphatic carbocycles. The van der Waals surface area contributed by atoms with Gasteiger partial charge in [0.05, 0.1) is 0 Å². The van der Waals surface area contributed by atoms with E-state index < -0.39 is 31.1 Å². The van der Waals surface area contributed by atoms with Gasteiger partial charge in [0.15, 0.2) is 0 Å². The standard InChI is InChI=1S/C12H21N3O5/c1-13-5-3-9(4-6-13)14(2)12(20)15(7-10(16)17)8-11(18)19/h9H,3-8H2,1-2H3,(H,16,17)(H,18,19). The van der Waals surface area contributed by atoms with Crippen LogP contribution in [0.25, 0.3) is 0 Å². The lowest BCUT2D eigenvalue weighted by Crippen LogP contribution is -2.51. The van der Waals surface area contributed by atoms with Crippen molar-refractivity contribution in [3.63, 3.8) is 0 Å². The molecule has 0 radical (unpaired) electrons. The average Bonchev–Trinajstić information content (AvgIpc) is 2.36. The number of carboxylic acids is 2. The van der Waals surface area contributed by atoms with Gasteiger partial charge in [-0.2, -0.15) is 0 Å². The Labute approximate surface area is 117 Å². The van der Waals surface area contributed by atoms with E-state index in [-0.39, 0.29) is 6.04 Å². The van der Waals surface area contributed by atoms with E-state index in [0.29, 0.717) is 0 Å². The van der Waals surface area contributed by atoms with Gasteiger partial charge in [-0.3, -0.25) is 9.59 Å². The maximum Gasteiger partial charge on any atom is 0.323 e. The molecule has 8 nitrogen and oxygen atoms in total. The molecule has 0 atom stereocenters. The van der Waals surface area contributed by atoms with Crippen LogP contribution in [0.4, 0.5) is 4.79 Å². The van der Waals surface area contributed by atoms with E-state index in [1.807, 2.05) is 7.05 Å². The van der Waals surface area contributed by atoms with Crippen molar-refractivity contribution in [2.75, 3.05) is 40.3 Å². The quantitative estimate of drug-likeness (QED) is 0.713. The van der Waals surface area contributed by atoms with Crippen LogP contribution < -0.4 is 0 Å². The Kier molecular flexibility index (Phi) is 5.75. The van der Waals surface area contributed by atoms with Crippen LogP contribution in [0.15, 0.2) is 0 Å². The largest absolute Gasteiger partial charge is 0.480 e. The third-order valence-electron chi connectivity index (χ3n) is 3.46. The highest BCUT2D eigenvalue weighted by Crippen LogP contribution is 2.15. The fraction of sp³-hybridized carbons (Fsp3) is 0.750. The Morgan fingerprint density at radius 3 is 1.95 bits per heavy atom. The first kappa shape index (κ1) is 16.2. The zero-order chi connectivity index (χ0) is 15.3. The van der Waals surface area contributed by atoms with Crippen LogP contribution >= 0.6 is 0 Å². The number of carbonyl (C=O) groups is 3. The van der Waals surface area contributed by atoms with Crippen LogP contribution in [-0.2, 0) is 9.59 Å². The minimum atomic E-state index is -1.23. The topological polar surface area (TPSA) is 101 Å². The molecule has 114 valence electrons. The number of rotatable bonds is 5. The van der Waals surface area contributed by atoms with Crippen LogP contribution in [0.5, 0.6) is 0 Å². The zero-order valence-corrected chi connectivity index (χ0v) is 11.8. The summed E-state index contributed by atoms with van der Waals surface area (Å²) < 4.78 is 0. The van der Waals surface area contributed by atoms with Crippen LogP contribution in [0.3, 0.4) is 0 Å². The summed E-state index contributed by atoms with van der Waals surface area (Å²) in [5.74, 6) is -2.45. The smallest absolute Gasteiger partial charge is 0.323 e. The minimum Gasteiger partial charge on any atom is -0.480 e. The number of urea groups is 1. The summed E-state index contributed by atoms with van der Waals surface area (Å²) in [4.78, 5) is 38.1. The molecule has 1 aliphatic rings. The Bertz CT molecular complexity index is 363. The summed E-state index contributed by atoms with van der Waals surface area (Å²) in [7, 11) is 3.59. The molecular weight excluding hydrogens is 266 g/mol. The molecule has 2 amide bonds. The molecule has 1 rings (SSSR count). The molecule has 1 aliphatic heterocycles. The van der Waals surface area contributed by atoms with E-state index in [1.165, 1.54) is 4.90 Å². The van der Waals surface area contributed by atoms with E-state index in [1.54, 1.807) is 7.05 Å². The molecule has 1 fully saturated rings. The second-order valence-corrected chi connectivity index (χ2v) is 5.07. The molecule has 0 aromatic heterocycles. The number of amides is 2. The summed E-state index contributed by atoms with van der Waals surface area (Å²) >= 11 is 0. The molecule has 8 heteroatoms. The van der Waals surface area contributed by atoms with Crippen molar-refractivity contribution in [3.8, 4) is 0 Å². The second-order valence-electron chi connectivity index (χ2n) is 5.07. The monoisotopic (exact) mass is 287 g/mol. The first-order valence-corrected chi connectivity index (χ1v) is 6.45. The Balaban J connectivity index is 2.67. The third kappa shape index (κ3) is 4.69. The van der Waals surface area contributed by atoms with Crippen LogP contribution in [0.1, 0.15) is 12.8 Å². The highest BCUT2D eigenvalue weighted by atomic mass is 16.4. The van der Waals surface area contributed by atoms with Gasteiger partial charge < -0.3 is 24.9 Å². The van der Waals surface area contributed by atoms with E-state index in [0.717, 1.165) is 30.8 Å². The van der Waals surface area contributed by atoms with Gasteiger partial charge in [-0.15, -0.1) is 0 Å². The Hall–Kier alpha value is -1.83. The predicted octanol–water partition coefficient (Wildman–Crippen LogP) is -0.396. The fourth-order valence-corrected chi connectivity index (χ4v) is 2.28. The molecule has 0 aromatic rings. The second kappa shape index (κ2) is 7.09. The molecule has 0 unspecified atom stereocenters. The average molecular weight is 287 g/mol. The van der Waals surface area contributed by atoms with Crippen molar-refractivity contribution >= 4 is 18.0 Å². The highest BCUT2D eigenvalue weighted by molar-refractivity contribution is 5.84. The van der Waals surface area contributed by atoms with Gasteiger partial charge in [0, 0.05) is 13.1 Å². The first-order chi connectivity index (χ1) is 9.31. The summed E-state index contributed by atoms with van der Waals surface area (Å²) in [6.07, 6.45) is 1.60. The number of aliphatic carboxylic acids is 2. The van der Waals surface area contributed by atoms with Gasteiger partial charge >= 0.3 is 18.0 Å². The van der Waals surface area contributed by atoms with Crippen LogP contribution in [0, 0.1) is 0 Å². The SMILES string of the molecule is CN1CCC(N(C)C(=O)N(CC(=O)O)CC(=O)O)CC1. The summed E-state index contributed by atoms with van der Waals surface area (Å²) in [6.45, 7) is 0.504. The van der Waals surface area contributed by atoms with E-state index in [9.17, 15) is 14.4 Å². The molecule has 0 bridgehead atoms. The van der Waals surface area contributed by atoms with Crippen molar-refractivity contribution in [1.29, 1.82) is 0 Å². The van der Waals surface area contributed by atoms with Gasteiger partial charge in [0.25, 0.3) is 0 Å². The molecule has 0 aromatic carbocycles. The molecule has 0 saturated carbocycles. The maximum atomic E-state index is 12.2. The van der Waals surface area contributed by atoms with Gasteiger partial charge in [-0.05, 0) is 33.0 Å². The normalized spacial score (nSPS) is 16.7. The van der Waals surface area contributed by atoms with Crippen LogP contribution in [-0.4, -0.2) is 89.2 Å². The third-order valence-corrected chi connectivity index (χ3v) is 3.46. The molecule has 20 heavy (non-hydrogen) atoms. The molecule has 0 spiro atoms. The number of carbonyl (C=O) groups excluding carboxylic acids is 1. The zero-order valence-electron chi connectivity index (χ0n) is 11.8. The van der Waals surface area contributed by atoms with E-state index in [2.05, 4.69) is 4.90 Å². The number of carboxylic acid groups (broad SMARTS) is 2. The van der Waals surface area contributed by atoms with Gasteiger partial charge in [0.1, 0.15) is 13.1 Å². The highest BCUT2D eigenvalue weighted by Gasteiger charge is 2.29. The lowest BCUT2D eigenvalue weighted by molar-refractivity contribution is -0.140. The Morgan fingerprint density at radius 1 is 1.10 bits per heavy atom. The van der Waals surface area contributed by atoms with Crippen molar-refractivity contribution in [2.45, 2.75) is 18.9 Å². The number of likely N-dealkylation sites (tertiary alicyclic amines) is 1. The molecule has 2 N–H and O–H groups in total. The Morgan fingerprint density at radius 2 is 1.55 bits per heavy atom. The maximum absolute atomic E-state index is 12.2. The predicted molar refractivity (Wildman–Crippen MR) is 70.5 cm³/mol. The van der Waals surface area contributed by atoms with Gasteiger partial charge in [0.2, 0.25) is 0 Å². The van der Waals surface area contributed by atoms with Crippen LogP contribution in [0.2, 0.25) is 0 Å². The lowest BCUT2D eigenvalue weighted by atomic mass is 10.0. The molecule has 1 saturated heterocycles. The first-order valence-electron chi connectivity index (χ1n) is 6.45. The lowest BCUT2D eigenvalue weighted by Gasteiger charge is -2.37. The summed E-state index contributed by atoms with van der Waals surface area (Å²) in [5.41, 5.74) is 0. The number of hydrogen-bond acceptors (Lipinski definition) is 4. The number of nitrogens with zero attached hydrogens (tertiary/aromatic N) is 3. The van der Waals surface area contributed by atoms with E-state index >= 15 is 0 Å². The molecule has 1 heterocycles. The van der Waals surface area contributed by atoms with Crippen molar-refractivity contribution in [2.24, 2.45) is 0 Å². The number of hydrogen-bond donors (Lipinski definition) is 2.